The van der Waals surface area contributed by atoms with Crippen LogP contribution in [0.15, 0.2) is 176 Å². The van der Waals surface area contributed by atoms with Crippen LogP contribution in [-0.4, -0.2) is 9.55 Å². The van der Waals surface area contributed by atoms with Gasteiger partial charge >= 0.3 is 0 Å². The molecule has 54 heavy (non-hydrogen) atoms. The molecule has 1 aromatic heterocycles. The minimum absolute atomic E-state index is 0.493. The highest BCUT2D eigenvalue weighted by molar-refractivity contribution is 6.22. The van der Waals surface area contributed by atoms with Gasteiger partial charge in [0.1, 0.15) is 5.82 Å². The van der Waals surface area contributed by atoms with Gasteiger partial charge in [0.15, 0.2) is 0 Å². The van der Waals surface area contributed by atoms with E-state index >= 15 is 0 Å². The first kappa shape index (κ1) is 29.8. The molecule has 1 spiro atoms. The van der Waals surface area contributed by atoms with Gasteiger partial charge in [-0.1, -0.05) is 153 Å². The van der Waals surface area contributed by atoms with Gasteiger partial charge in [0.2, 0.25) is 0 Å². The molecular weight excluding hydrogens is 653 g/mol. The van der Waals surface area contributed by atoms with E-state index in [1.54, 1.807) is 0 Å². The van der Waals surface area contributed by atoms with E-state index in [1.807, 2.05) is 0 Å². The third kappa shape index (κ3) is 3.67. The maximum Gasteiger partial charge on any atom is 0.114 e. The van der Waals surface area contributed by atoms with Crippen molar-refractivity contribution in [1.29, 1.82) is 0 Å². The summed E-state index contributed by atoms with van der Waals surface area (Å²) in [6, 6.07) is 65.7. The van der Waals surface area contributed by atoms with Crippen molar-refractivity contribution in [3.63, 3.8) is 0 Å². The minimum Gasteiger partial charge on any atom is -0.296 e. The number of benzene rings is 9. The molecule has 2 heteroatoms. The molecular formula is C52H34N2. The first-order valence-electron chi connectivity index (χ1n) is 19.0. The highest BCUT2D eigenvalue weighted by Gasteiger charge is 2.54. The fourth-order valence-electron chi connectivity index (χ4n) is 10.3. The summed E-state index contributed by atoms with van der Waals surface area (Å²) < 4.78 is 2.34. The fraction of sp³-hybridized carbons (Fsp3) is 0.0577. The summed E-state index contributed by atoms with van der Waals surface area (Å²) in [7, 11) is 0. The van der Waals surface area contributed by atoms with Crippen LogP contribution >= 0.6 is 0 Å². The summed E-state index contributed by atoms with van der Waals surface area (Å²) >= 11 is 0. The van der Waals surface area contributed by atoms with Crippen LogP contribution in [0.25, 0.3) is 82.4 Å². The predicted molar refractivity (Wildman–Crippen MR) is 225 cm³/mol. The van der Waals surface area contributed by atoms with Gasteiger partial charge in [-0.3, -0.25) is 4.57 Å². The normalized spacial score (nSPS) is 13.5. The van der Waals surface area contributed by atoms with Gasteiger partial charge in [0.05, 0.1) is 16.4 Å². The second-order valence-electron chi connectivity index (χ2n) is 14.8. The van der Waals surface area contributed by atoms with Crippen LogP contribution in [-0.2, 0) is 11.8 Å². The molecule has 0 saturated carbocycles. The third-order valence-electron chi connectivity index (χ3n) is 12.3. The Hall–Kier alpha value is -6.77. The molecule has 0 fully saturated rings. The van der Waals surface area contributed by atoms with Gasteiger partial charge in [0, 0.05) is 12.1 Å². The predicted octanol–water partition coefficient (Wildman–Crippen LogP) is 13.1. The molecule has 2 aliphatic rings. The standard InChI is InChI=1S/C52H34N2/c1-2-48-53-46-28-13-14-29-47(46)54(48)33-17-15-16-32(30-33)42-31-43-49-39-23-6-3-18-34(39)35-19-4-8-25-41(35)51(49)52(50(43)40-24-7-5-20-36(40)42)44-26-11-9-21-37(44)38-22-10-12-27-45(38)52/h3-31H,2H2,1H3. The van der Waals surface area contributed by atoms with E-state index in [0.717, 1.165) is 29.0 Å². The molecule has 0 amide bonds. The Labute approximate surface area is 313 Å². The number of fused-ring (bicyclic) bond motifs is 18. The van der Waals surface area contributed by atoms with E-state index in [0.29, 0.717) is 0 Å². The summed E-state index contributed by atoms with van der Waals surface area (Å²) in [6.45, 7) is 2.19. The van der Waals surface area contributed by atoms with Gasteiger partial charge in [-0.2, -0.15) is 0 Å². The molecule has 9 aromatic carbocycles. The van der Waals surface area contributed by atoms with Crippen molar-refractivity contribution in [3.8, 4) is 39.1 Å². The number of para-hydroxylation sites is 2. The molecule has 0 saturated heterocycles. The molecule has 0 aliphatic heterocycles. The Morgan fingerprint density at radius 3 is 1.76 bits per heavy atom. The maximum absolute atomic E-state index is 5.03. The summed E-state index contributed by atoms with van der Waals surface area (Å²) in [4.78, 5) is 5.03. The average molecular weight is 687 g/mol. The lowest BCUT2D eigenvalue weighted by Crippen LogP contribution is -2.26. The van der Waals surface area contributed by atoms with Crippen LogP contribution in [0.3, 0.4) is 0 Å². The minimum atomic E-state index is -0.493. The first-order valence-corrected chi connectivity index (χ1v) is 19.0. The van der Waals surface area contributed by atoms with Crippen LogP contribution in [0.2, 0.25) is 0 Å². The molecule has 2 nitrogen and oxygen atoms in total. The molecule has 1 heterocycles. The van der Waals surface area contributed by atoms with Crippen LogP contribution in [0.4, 0.5) is 0 Å². The van der Waals surface area contributed by atoms with E-state index in [2.05, 4.69) is 187 Å². The number of nitrogens with zero attached hydrogens (tertiary/aromatic N) is 2. The zero-order chi connectivity index (χ0) is 35.5. The van der Waals surface area contributed by atoms with E-state index < -0.39 is 5.41 Å². The van der Waals surface area contributed by atoms with Crippen molar-refractivity contribution in [2.45, 2.75) is 18.8 Å². The van der Waals surface area contributed by atoms with E-state index in [4.69, 9.17) is 4.98 Å². The number of aryl methyl sites for hydroxylation is 1. The molecule has 10 aromatic rings. The molecule has 0 N–H and O–H groups in total. The lowest BCUT2D eigenvalue weighted by molar-refractivity contribution is 0.809. The first-order chi connectivity index (χ1) is 26.8. The van der Waals surface area contributed by atoms with Crippen LogP contribution in [0, 0.1) is 0 Å². The Bertz CT molecular complexity index is 3170. The fourth-order valence-corrected chi connectivity index (χ4v) is 10.3. The number of hydrogen-bond donors (Lipinski definition) is 0. The van der Waals surface area contributed by atoms with Crippen molar-refractivity contribution < 1.29 is 0 Å². The molecule has 252 valence electrons. The Kier molecular flexibility index (Phi) is 6.00. The van der Waals surface area contributed by atoms with Crippen LogP contribution < -0.4 is 0 Å². The molecule has 12 rings (SSSR count). The van der Waals surface area contributed by atoms with E-state index in [1.165, 1.54) is 88.0 Å². The van der Waals surface area contributed by atoms with Crippen molar-refractivity contribution in [2.24, 2.45) is 0 Å². The van der Waals surface area contributed by atoms with Crippen LogP contribution in [0.5, 0.6) is 0 Å². The number of aromatic nitrogens is 2. The summed E-state index contributed by atoms with van der Waals surface area (Å²) in [5.41, 5.74) is 16.1. The highest BCUT2D eigenvalue weighted by Crippen LogP contribution is 2.67. The van der Waals surface area contributed by atoms with Crippen molar-refractivity contribution in [2.75, 3.05) is 0 Å². The highest BCUT2D eigenvalue weighted by atomic mass is 15.1. The zero-order valence-electron chi connectivity index (χ0n) is 29.8. The third-order valence-corrected chi connectivity index (χ3v) is 12.3. The quantitative estimate of drug-likeness (QED) is 0.169. The monoisotopic (exact) mass is 686 g/mol. The molecule has 0 atom stereocenters. The van der Waals surface area contributed by atoms with Crippen molar-refractivity contribution in [3.05, 3.63) is 204 Å². The second kappa shape index (κ2) is 10.9. The van der Waals surface area contributed by atoms with Crippen molar-refractivity contribution >= 4 is 43.4 Å². The average Bonchev–Trinajstić information content (AvgIpc) is 3.88. The number of imidazole rings is 1. The summed E-state index contributed by atoms with van der Waals surface area (Å²) in [6.07, 6.45) is 0.851. The molecule has 0 radical (unpaired) electrons. The lowest BCUT2D eigenvalue weighted by Gasteiger charge is -2.33. The van der Waals surface area contributed by atoms with Gasteiger partial charge < -0.3 is 0 Å². The maximum atomic E-state index is 5.03. The van der Waals surface area contributed by atoms with Crippen molar-refractivity contribution in [1.82, 2.24) is 9.55 Å². The van der Waals surface area contributed by atoms with E-state index in [-0.39, 0.29) is 0 Å². The van der Waals surface area contributed by atoms with Gasteiger partial charge in [0.25, 0.3) is 0 Å². The molecule has 2 aliphatic carbocycles. The van der Waals surface area contributed by atoms with E-state index in [9.17, 15) is 0 Å². The van der Waals surface area contributed by atoms with Gasteiger partial charge in [-0.05, 0) is 118 Å². The molecule has 0 unspecified atom stereocenters. The smallest absolute Gasteiger partial charge is 0.114 e. The van der Waals surface area contributed by atoms with Gasteiger partial charge in [-0.25, -0.2) is 4.98 Å². The second-order valence-corrected chi connectivity index (χ2v) is 14.8. The Morgan fingerprint density at radius 2 is 1.04 bits per heavy atom. The number of hydrogen-bond acceptors (Lipinski definition) is 1. The van der Waals surface area contributed by atoms with Crippen LogP contribution in [0.1, 0.15) is 35.0 Å². The lowest BCUT2D eigenvalue weighted by atomic mass is 9.68. The molecule has 0 bridgehead atoms. The largest absolute Gasteiger partial charge is 0.296 e. The summed E-state index contributed by atoms with van der Waals surface area (Å²) in [5.74, 6) is 1.07. The summed E-state index contributed by atoms with van der Waals surface area (Å²) in [5, 5.41) is 7.79. The topological polar surface area (TPSA) is 17.8 Å². The Morgan fingerprint density at radius 1 is 0.463 bits per heavy atom. The SMILES string of the molecule is CCc1nc2ccccc2n1-c1cccc(-c2cc3c(c4ccccc24)C2(c4ccccc4-c4ccccc42)c2c-3c3ccccc3c3ccccc23)c1. The van der Waals surface area contributed by atoms with Gasteiger partial charge in [-0.15, -0.1) is 0 Å². The Balaban J connectivity index is 1.26. The number of rotatable bonds is 3. The zero-order valence-corrected chi connectivity index (χ0v) is 29.8.